The summed E-state index contributed by atoms with van der Waals surface area (Å²) in [6.45, 7) is 1.35. The number of carbonyl (C=O) groups is 3. The summed E-state index contributed by atoms with van der Waals surface area (Å²) in [7, 11) is 0. The average molecular weight is 420 g/mol. The van der Waals surface area contributed by atoms with E-state index in [0.717, 1.165) is 11.0 Å². The SMILES string of the molecule is CC1(C(=O)O)NC(c2ccc(C#N)cc2)C2C(=O)N(c3cccc([N+](=O)[O-])c3)C(=O)C21. The van der Waals surface area contributed by atoms with Crippen LogP contribution in [-0.2, 0) is 14.4 Å². The molecule has 2 N–H and O–H groups in total. The Hall–Kier alpha value is -4.10. The molecule has 0 bridgehead atoms. The molecule has 0 aromatic heterocycles. The highest BCUT2D eigenvalue weighted by Crippen LogP contribution is 2.49. The number of imide groups is 1. The summed E-state index contributed by atoms with van der Waals surface area (Å²) in [5.74, 6) is -4.90. The first-order valence-corrected chi connectivity index (χ1v) is 9.32. The first-order valence-electron chi connectivity index (χ1n) is 9.32. The smallest absolute Gasteiger partial charge is 0.324 e. The summed E-state index contributed by atoms with van der Waals surface area (Å²) < 4.78 is 0. The molecule has 0 saturated carbocycles. The zero-order chi connectivity index (χ0) is 22.5. The van der Waals surface area contributed by atoms with Gasteiger partial charge in [-0.25, -0.2) is 4.90 Å². The lowest BCUT2D eigenvalue weighted by Gasteiger charge is -2.27. The summed E-state index contributed by atoms with van der Waals surface area (Å²) in [4.78, 5) is 50.0. The van der Waals surface area contributed by atoms with Crippen molar-refractivity contribution in [3.63, 3.8) is 0 Å². The van der Waals surface area contributed by atoms with Crippen molar-refractivity contribution in [1.29, 1.82) is 5.26 Å². The second-order valence-electron chi connectivity index (χ2n) is 7.66. The molecule has 2 amide bonds. The Balaban J connectivity index is 1.81. The maximum atomic E-state index is 13.3. The Morgan fingerprint density at radius 2 is 1.90 bits per heavy atom. The van der Waals surface area contributed by atoms with E-state index in [4.69, 9.17) is 5.26 Å². The van der Waals surface area contributed by atoms with E-state index >= 15 is 0 Å². The monoisotopic (exact) mass is 420 g/mol. The lowest BCUT2D eigenvalue weighted by atomic mass is 9.80. The second kappa shape index (κ2) is 7.00. The van der Waals surface area contributed by atoms with Gasteiger partial charge in [0.15, 0.2) is 0 Å². The van der Waals surface area contributed by atoms with Crippen molar-refractivity contribution in [1.82, 2.24) is 5.32 Å². The fourth-order valence-electron chi connectivity index (χ4n) is 4.39. The Morgan fingerprint density at radius 1 is 1.23 bits per heavy atom. The highest BCUT2D eigenvalue weighted by molar-refractivity contribution is 6.24. The van der Waals surface area contributed by atoms with Crippen LogP contribution < -0.4 is 10.2 Å². The average Bonchev–Trinajstić information content (AvgIpc) is 3.22. The fraction of sp³-hybridized carbons (Fsp3) is 0.238. The van der Waals surface area contributed by atoms with Gasteiger partial charge in [-0.3, -0.25) is 29.8 Å². The van der Waals surface area contributed by atoms with E-state index in [1.165, 1.54) is 25.1 Å². The quantitative estimate of drug-likeness (QED) is 0.431. The molecular weight excluding hydrogens is 404 g/mol. The third-order valence-electron chi connectivity index (χ3n) is 5.93. The topological polar surface area (TPSA) is 154 Å². The van der Waals surface area contributed by atoms with Crippen LogP contribution in [0.4, 0.5) is 11.4 Å². The number of fused-ring (bicyclic) bond motifs is 1. The van der Waals surface area contributed by atoms with Crippen molar-refractivity contribution < 1.29 is 24.4 Å². The molecule has 0 aliphatic carbocycles. The number of anilines is 1. The number of hydrogen-bond donors (Lipinski definition) is 2. The number of benzene rings is 2. The summed E-state index contributed by atoms with van der Waals surface area (Å²) >= 11 is 0. The number of amides is 2. The molecule has 2 heterocycles. The van der Waals surface area contributed by atoms with Gasteiger partial charge in [0, 0.05) is 18.2 Å². The zero-order valence-electron chi connectivity index (χ0n) is 16.2. The van der Waals surface area contributed by atoms with Crippen LogP contribution in [0.2, 0.25) is 0 Å². The number of nitro benzene ring substituents is 1. The minimum atomic E-state index is -1.73. The van der Waals surface area contributed by atoms with Gasteiger partial charge in [-0.05, 0) is 30.7 Å². The molecule has 2 saturated heterocycles. The van der Waals surface area contributed by atoms with Gasteiger partial charge in [-0.15, -0.1) is 0 Å². The number of nitro groups is 1. The molecule has 4 atom stereocenters. The van der Waals surface area contributed by atoms with Crippen LogP contribution in [0.1, 0.15) is 24.1 Å². The van der Waals surface area contributed by atoms with E-state index in [9.17, 15) is 29.6 Å². The first kappa shape index (κ1) is 20.2. The highest BCUT2D eigenvalue weighted by atomic mass is 16.6. The number of nitrogens with one attached hydrogen (secondary N) is 1. The first-order chi connectivity index (χ1) is 14.7. The molecule has 2 aromatic rings. The molecular formula is C21H16N4O6. The van der Waals surface area contributed by atoms with E-state index in [-0.39, 0.29) is 11.4 Å². The van der Waals surface area contributed by atoms with Crippen molar-refractivity contribution in [2.45, 2.75) is 18.5 Å². The maximum Gasteiger partial charge on any atom is 0.324 e. The number of non-ortho nitro benzene ring substituents is 1. The van der Waals surface area contributed by atoms with Gasteiger partial charge in [-0.1, -0.05) is 18.2 Å². The van der Waals surface area contributed by atoms with Crippen molar-refractivity contribution in [3.8, 4) is 6.07 Å². The second-order valence-corrected chi connectivity index (χ2v) is 7.66. The molecule has 4 unspecified atom stereocenters. The molecule has 2 fully saturated rings. The van der Waals surface area contributed by atoms with Crippen molar-refractivity contribution in [2.75, 3.05) is 4.90 Å². The number of carboxylic acid groups (broad SMARTS) is 1. The van der Waals surface area contributed by atoms with Crippen LogP contribution in [0.3, 0.4) is 0 Å². The number of nitrogens with zero attached hydrogens (tertiary/aromatic N) is 3. The molecule has 4 rings (SSSR count). The standard InChI is InChI=1S/C21H16N4O6/c1-21(20(28)29)16-15(17(23-21)12-7-5-11(10-22)6-8-12)18(26)24(19(16)27)13-3-2-4-14(9-13)25(30)31/h2-9,15-17,23H,1H3,(H,28,29). The van der Waals surface area contributed by atoms with E-state index < -0.39 is 46.1 Å². The molecule has 10 nitrogen and oxygen atoms in total. The maximum absolute atomic E-state index is 13.3. The predicted molar refractivity (Wildman–Crippen MR) is 106 cm³/mol. The lowest BCUT2D eigenvalue weighted by Crippen LogP contribution is -2.53. The van der Waals surface area contributed by atoms with Crippen molar-refractivity contribution >= 4 is 29.2 Å². The van der Waals surface area contributed by atoms with E-state index in [1.807, 2.05) is 6.07 Å². The van der Waals surface area contributed by atoms with E-state index in [2.05, 4.69) is 5.32 Å². The van der Waals surface area contributed by atoms with Crippen LogP contribution in [0.5, 0.6) is 0 Å². The van der Waals surface area contributed by atoms with Crippen LogP contribution in [-0.4, -0.2) is 33.4 Å². The molecule has 10 heteroatoms. The molecule has 2 aromatic carbocycles. The summed E-state index contributed by atoms with van der Waals surface area (Å²) in [5, 5.41) is 32.9. The highest BCUT2D eigenvalue weighted by Gasteiger charge is 2.66. The Morgan fingerprint density at radius 3 is 2.48 bits per heavy atom. The van der Waals surface area contributed by atoms with E-state index in [0.29, 0.717) is 11.1 Å². The van der Waals surface area contributed by atoms with Gasteiger partial charge in [0.1, 0.15) is 5.54 Å². The molecule has 2 aliphatic heterocycles. The van der Waals surface area contributed by atoms with Gasteiger partial charge in [0.25, 0.3) is 5.69 Å². The Bertz CT molecular complexity index is 1170. The van der Waals surface area contributed by atoms with Crippen molar-refractivity contribution in [3.05, 3.63) is 69.8 Å². The number of aliphatic carboxylic acids is 1. The summed E-state index contributed by atoms with van der Waals surface area (Å²) in [5.41, 5.74) is -1.05. The summed E-state index contributed by atoms with van der Waals surface area (Å²) in [6.07, 6.45) is 0. The third kappa shape index (κ3) is 2.94. The number of rotatable bonds is 4. The zero-order valence-corrected chi connectivity index (χ0v) is 16.2. The fourth-order valence-corrected chi connectivity index (χ4v) is 4.39. The molecule has 0 spiro atoms. The van der Waals surface area contributed by atoms with Crippen LogP contribution in [0.15, 0.2) is 48.5 Å². The van der Waals surface area contributed by atoms with Crippen molar-refractivity contribution in [2.24, 2.45) is 11.8 Å². The normalized spacial score (nSPS) is 27.1. The summed E-state index contributed by atoms with van der Waals surface area (Å²) in [6, 6.07) is 12.6. The molecule has 0 radical (unpaired) electrons. The Kier molecular flexibility index (Phi) is 4.56. The number of hydrogen-bond acceptors (Lipinski definition) is 7. The number of carbonyl (C=O) groups excluding carboxylic acids is 2. The van der Waals surface area contributed by atoms with Gasteiger partial charge < -0.3 is 5.11 Å². The van der Waals surface area contributed by atoms with Gasteiger partial charge in [0.05, 0.1) is 34.1 Å². The van der Waals surface area contributed by atoms with Crippen LogP contribution in [0, 0.1) is 33.3 Å². The minimum absolute atomic E-state index is 0.0184. The van der Waals surface area contributed by atoms with Crippen LogP contribution in [0.25, 0.3) is 0 Å². The minimum Gasteiger partial charge on any atom is -0.480 e. The molecule has 31 heavy (non-hydrogen) atoms. The predicted octanol–water partition coefficient (Wildman–Crippen LogP) is 1.76. The number of carboxylic acids is 1. The molecule has 156 valence electrons. The Labute approximate surface area is 175 Å². The molecule has 2 aliphatic rings. The van der Waals surface area contributed by atoms with E-state index in [1.54, 1.807) is 24.3 Å². The van der Waals surface area contributed by atoms with Crippen LogP contribution >= 0.6 is 0 Å². The number of nitriles is 1. The van der Waals surface area contributed by atoms with Gasteiger partial charge in [0.2, 0.25) is 11.8 Å². The largest absolute Gasteiger partial charge is 0.480 e. The van der Waals surface area contributed by atoms with Gasteiger partial charge in [-0.2, -0.15) is 5.26 Å². The lowest BCUT2D eigenvalue weighted by molar-refractivity contribution is -0.384. The van der Waals surface area contributed by atoms with Gasteiger partial charge >= 0.3 is 5.97 Å². The third-order valence-corrected chi connectivity index (χ3v) is 5.93.